The number of anilines is 1. The molecule has 0 atom stereocenters. The summed E-state index contributed by atoms with van der Waals surface area (Å²) in [5.41, 5.74) is -2.80. The Morgan fingerprint density at radius 3 is 2.23 bits per heavy atom. The van der Waals surface area contributed by atoms with Crippen LogP contribution in [0.2, 0.25) is 5.02 Å². The zero-order valence-electron chi connectivity index (χ0n) is 20.8. The zero-order valence-corrected chi connectivity index (χ0v) is 21.6. The second-order valence-electron chi connectivity index (χ2n) is 8.84. The van der Waals surface area contributed by atoms with E-state index in [-0.39, 0.29) is 58.2 Å². The lowest BCUT2D eigenvalue weighted by atomic mass is 9.99. The smallest absolute Gasteiger partial charge is 0.396 e. The number of halogens is 7. The fourth-order valence-electron chi connectivity index (χ4n) is 4.09. The Morgan fingerprint density at radius 1 is 1.05 bits per heavy atom. The van der Waals surface area contributed by atoms with Gasteiger partial charge in [-0.05, 0) is 29.8 Å². The third kappa shape index (κ3) is 5.82. The van der Waals surface area contributed by atoms with Crippen molar-refractivity contribution < 1.29 is 40.8 Å². The first-order valence-corrected chi connectivity index (χ1v) is 11.9. The number of aromatic nitrogens is 4. The molecule has 4 aromatic rings. The average Bonchev–Trinajstić information content (AvgIpc) is 3.47. The number of rotatable bonds is 8. The molecule has 0 aliphatic rings. The van der Waals surface area contributed by atoms with Crippen molar-refractivity contribution in [1.29, 1.82) is 0 Å². The van der Waals surface area contributed by atoms with Crippen molar-refractivity contribution in [2.24, 2.45) is 0 Å². The van der Waals surface area contributed by atoms with E-state index in [0.29, 0.717) is 17.7 Å². The molecule has 0 saturated heterocycles. The van der Waals surface area contributed by atoms with Gasteiger partial charge >= 0.3 is 12.4 Å². The van der Waals surface area contributed by atoms with Gasteiger partial charge in [0, 0.05) is 37.7 Å². The van der Waals surface area contributed by atoms with E-state index in [0.717, 1.165) is 4.68 Å². The van der Waals surface area contributed by atoms with Gasteiger partial charge in [-0.1, -0.05) is 40.2 Å². The minimum absolute atomic E-state index is 0.0128. The molecule has 0 unspecified atom stereocenters. The minimum atomic E-state index is -5.03. The molecule has 40 heavy (non-hydrogen) atoms. The number of alkyl halides is 6. The van der Waals surface area contributed by atoms with Crippen molar-refractivity contribution >= 4 is 23.2 Å². The van der Waals surface area contributed by atoms with Gasteiger partial charge < -0.3 is 14.5 Å². The topological polar surface area (TPSA) is 97.3 Å². The van der Waals surface area contributed by atoms with Crippen LogP contribution in [0.1, 0.15) is 38.6 Å². The van der Waals surface area contributed by atoms with E-state index in [2.05, 4.69) is 15.5 Å². The Labute approximate surface area is 227 Å². The molecular weight excluding hydrogens is 568 g/mol. The van der Waals surface area contributed by atoms with Crippen LogP contribution in [0.5, 0.6) is 0 Å². The molecule has 0 fully saturated rings. The molecule has 4 rings (SSSR count). The monoisotopic (exact) mass is 587 g/mol. The second kappa shape index (κ2) is 10.9. The number of hydrogen-bond donors (Lipinski definition) is 1. The summed E-state index contributed by atoms with van der Waals surface area (Å²) in [5.74, 6) is -1.12. The molecule has 15 heteroatoms. The number of carbonyl (C=O) groups excluding carboxylic acids is 1. The number of nitrogens with zero attached hydrogens (tertiary/aromatic N) is 5. The number of aliphatic hydroxyl groups excluding tert-OH is 1. The van der Waals surface area contributed by atoms with Crippen LogP contribution < -0.4 is 4.90 Å². The van der Waals surface area contributed by atoms with Gasteiger partial charge in [0.05, 0.1) is 28.9 Å². The van der Waals surface area contributed by atoms with Crippen molar-refractivity contribution in [1.82, 2.24) is 20.2 Å². The highest BCUT2D eigenvalue weighted by molar-refractivity contribution is 6.33. The highest BCUT2D eigenvalue weighted by Crippen LogP contribution is 2.38. The quantitative estimate of drug-likeness (QED) is 0.215. The predicted molar refractivity (Wildman–Crippen MR) is 131 cm³/mol. The highest BCUT2D eigenvalue weighted by Gasteiger charge is 2.37. The molecule has 0 radical (unpaired) electrons. The zero-order chi connectivity index (χ0) is 29.4. The van der Waals surface area contributed by atoms with Gasteiger partial charge in [-0.25, -0.2) is 4.68 Å². The van der Waals surface area contributed by atoms with Gasteiger partial charge in [-0.2, -0.15) is 26.3 Å². The van der Waals surface area contributed by atoms with Gasteiger partial charge in [-0.15, -0.1) is 5.10 Å². The molecule has 0 aliphatic heterocycles. The molecule has 2 aromatic carbocycles. The largest absolute Gasteiger partial charge is 0.416 e. The van der Waals surface area contributed by atoms with Crippen molar-refractivity contribution in [2.75, 3.05) is 25.6 Å². The number of carbonyl (C=O) groups is 1. The van der Waals surface area contributed by atoms with Crippen LogP contribution in [0.15, 0.2) is 47.0 Å². The molecule has 0 aliphatic carbocycles. The number of hydrogen-bond acceptors (Lipinski definition) is 7. The standard InChI is InChI=1S/C25H20ClF6N5O3/c1-36(2)23-20(21(39)22-19(18(7-8-38)34-40-22)16-5-3-4-6-17(16)26)33-35-37(23)12-13-9-14(24(27,28)29)11-15(10-13)25(30,31)32/h3-6,9-11,38H,7-8,12H2,1-2H3. The van der Waals surface area contributed by atoms with E-state index < -0.39 is 35.8 Å². The summed E-state index contributed by atoms with van der Waals surface area (Å²) in [5, 5.41) is 21.3. The van der Waals surface area contributed by atoms with Crippen molar-refractivity contribution in [3.63, 3.8) is 0 Å². The summed E-state index contributed by atoms with van der Waals surface area (Å²) in [6, 6.07) is 7.69. The van der Waals surface area contributed by atoms with E-state index in [9.17, 15) is 36.2 Å². The third-order valence-corrected chi connectivity index (χ3v) is 6.12. The first kappa shape index (κ1) is 29.1. The van der Waals surface area contributed by atoms with Gasteiger partial charge in [-0.3, -0.25) is 4.79 Å². The minimum Gasteiger partial charge on any atom is -0.396 e. The normalized spacial score (nSPS) is 12.2. The fraction of sp³-hybridized carbons (Fsp3) is 0.280. The Bertz CT molecular complexity index is 1510. The molecule has 0 bridgehead atoms. The van der Waals surface area contributed by atoms with Crippen molar-refractivity contribution in [3.05, 3.63) is 81.3 Å². The van der Waals surface area contributed by atoms with Gasteiger partial charge in [0.15, 0.2) is 11.5 Å². The summed E-state index contributed by atoms with van der Waals surface area (Å²) < 4.78 is 86.4. The van der Waals surface area contributed by atoms with E-state index in [1.165, 1.54) is 19.0 Å². The molecule has 2 aromatic heterocycles. The predicted octanol–water partition coefficient (Wildman–Crippen LogP) is 5.50. The van der Waals surface area contributed by atoms with Crippen molar-refractivity contribution in [3.8, 4) is 11.1 Å². The fourth-order valence-corrected chi connectivity index (χ4v) is 4.32. The van der Waals surface area contributed by atoms with Crippen LogP contribution in [0.3, 0.4) is 0 Å². The van der Waals surface area contributed by atoms with E-state index in [1.54, 1.807) is 24.3 Å². The maximum Gasteiger partial charge on any atom is 0.416 e. The lowest BCUT2D eigenvalue weighted by Crippen LogP contribution is -2.19. The molecule has 8 nitrogen and oxygen atoms in total. The molecule has 0 saturated carbocycles. The molecule has 1 N–H and O–H groups in total. The maximum atomic E-state index is 13.7. The van der Waals surface area contributed by atoms with Gasteiger partial charge in [0.2, 0.25) is 5.76 Å². The van der Waals surface area contributed by atoms with Crippen LogP contribution in [-0.4, -0.2) is 51.7 Å². The van der Waals surface area contributed by atoms with E-state index in [1.807, 2.05) is 0 Å². The Kier molecular flexibility index (Phi) is 7.94. The van der Waals surface area contributed by atoms with Crippen LogP contribution in [-0.2, 0) is 25.3 Å². The molecule has 0 spiro atoms. The van der Waals surface area contributed by atoms with Crippen LogP contribution in [0.25, 0.3) is 11.1 Å². The molecule has 0 amide bonds. The maximum absolute atomic E-state index is 13.7. The summed E-state index contributed by atoms with van der Waals surface area (Å²) in [6.07, 6.45) is -10.0. The summed E-state index contributed by atoms with van der Waals surface area (Å²) in [4.78, 5) is 15.0. The van der Waals surface area contributed by atoms with Crippen LogP contribution in [0, 0.1) is 0 Å². The second-order valence-corrected chi connectivity index (χ2v) is 9.25. The Hall–Kier alpha value is -3.91. The van der Waals surface area contributed by atoms with Gasteiger partial charge in [0.1, 0.15) is 0 Å². The Morgan fingerprint density at radius 2 is 1.68 bits per heavy atom. The molecule has 212 valence electrons. The molecular formula is C25H20ClF6N5O3. The van der Waals surface area contributed by atoms with Crippen LogP contribution in [0.4, 0.5) is 32.2 Å². The van der Waals surface area contributed by atoms with Crippen LogP contribution >= 0.6 is 11.6 Å². The summed E-state index contributed by atoms with van der Waals surface area (Å²) >= 11 is 6.33. The first-order valence-electron chi connectivity index (χ1n) is 11.5. The first-order chi connectivity index (χ1) is 18.7. The third-order valence-electron chi connectivity index (χ3n) is 5.79. The van der Waals surface area contributed by atoms with E-state index >= 15 is 0 Å². The number of aliphatic hydroxyl groups is 1. The Balaban J connectivity index is 1.80. The SMILES string of the molecule is CN(C)c1c(C(=O)c2onc(CCO)c2-c2ccccc2Cl)nnn1Cc1cc(C(F)(F)F)cc(C(F)(F)F)c1. The highest BCUT2D eigenvalue weighted by atomic mass is 35.5. The molecule has 2 heterocycles. The summed E-state index contributed by atoms with van der Waals surface area (Å²) in [7, 11) is 2.98. The average molecular weight is 588 g/mol. The number of benzene rings is 2. The lowest BCUT2D eigenvalue weighted by molar-refractivity contribution is -0.143. The summed E-state index contributed by atoms with van der Waals surface area (Å²) in [6.45, 7) is -0.877. The number of ketones is 1. The van der Waals surface area contributed by atoms with E-state index in [4.69, 9.17) is 16.1 Å². The van der Waals surface area contributed by atoms with Crippen molar-refractivity contribution in [2.45, 2.75) is 25.3 Å². The lowest BCUT2D eigenvalue weighted by Gasteiger charge is -2.17. The van der Waals surface area contributed by atoms with Gasteiger partial charge in [0.25, 0.3) is 5.78 Å².